The van der Waals surface area contributed by atoms with Crippen LogP contribution < -0.4 is 15.4 Å². The van der Waals surface area contributed by atoms with Gasteiger partial charge in [-0.25, -0.2) is 13.4 Å². The van der Waals surface area contributed by atoms with Gasteiger partial charge >= 0.3 is 0 Å². The maximum Gasteiger partial charge on any atom is 0.229 e. The minimum Gasteiger partial charge on any atom is -0.357 e. The number of hydrogen-bond acceptors (Lipinski definition) is 3. The second-order valence-electron chi connectivity index (χ2n) is 6.79. The van der Waals surface area contributed by atoms with Gasteiger partial charge in [0.2, 0.25) is 10.0 Å². The lowest BCUT2D eigenvalue weighted by molar-refractivity contribution is 0.131. The van der Waals surface area contributed by atoms with Crippen molar-refractivity contribution in [2.45, 2.75) is 46.1 Å². The maximum absolute atomic E-state index is 11.5. The van der Waals surface area contributed by atoms with Crippen LogP contribution in [0, 0.1) is 5.41 Å². The van der Waals surface area contributed by atoms with Gasteiger partial charge in [-0.2, -0.15) is 0 Å². The van der Waals surface area contributed by atoms with Crippen molar-refractivity contribution in [2.75, 3.05) is 24.1 Å². The molecule has 0 spiro atoms. The number of nitrogens with one attached hydrogen (secondary N) is 3. The molecule has 0 aliphatic heterocycles. The largest absolute Gasteiger partial charge is 0.357 e. The summed E-state index contributed by atoms with van der Waals surface area (Å²) >= 11 is 0. The summed E-state index contributed by atoms with van der Waals surface area (Å²) in [5, 5.41) is 6.72. The van der Waals surface area contributed by atoms with Gasteiger partial charge in [0.1, 0.15) is 0 Å². The van der Waals surface area contributed by atoms with Crippen molar-refractivity contribution in [2.24, 2.45) is 10.4 Å². The molecule has 0 heterocycles. The first-order valence-electron chi connectivity index (χ1n) is 8.95. The number of benzene rings is 1. The zero-order valence-electron chi connectivity index (χ0n) is 15.8. The first-order valence-corrected chi connectivity index (χ1v) is 10.8. The molecule has 0 unspecified atom stereocenters. The number of para-hydroxylation sites is 1. The number of sulfonamides is 1. The fraction of sp³-hybridized carbons (Fsp3) is 0.611. The summed E-state index contributed by atoms with van der Waals surface area (Å²) in [5.74, 6) is 0.774. The first-order chi connectivity index (χ1) is 11.9. The quantitative estimate of drug-likeness (QED) is 0.294. The molecule has 8 heteroatoms. The van der Waals surface area contributed by atoms with Gasteiger partial charge in [-0.1, -0.05) is 31.5 Å². The van der Waals surface area contributed by atoms with E-state index < -0.39 is 10.0 Å². The third-order valence-electron chi connectivity index (χ3n) is 4.86. The molecule has 148 valence electrons. The van der Waals surface area contributed by atoms with Gasteiger partial charge in [0.05, 0.1) is 18.5 Å². The van der Waals surface area contributed by atoms with E-state index in [0.29, 0.717) is 17.6 Å². The van der Waals surface area contributed by atoms with Crippen molar-refractivity contribution < 1.29 is 8.42 Å². The van der Waals surface area contributed by atoms with E-state index in [9.17, 15) is 8.42 Å². The summed E-state index contributed by atoms with van der Waals surface area (Å²) in [6.07, 6.45) is 6.20. The third kappa shape index (κ3) is 6.94. The molecule has 1 aromatic rings. The summed E-state index contributed by atoms with van der Waals surface area (Å²) in [6.45, 7) is 6.41. The standard InChI is InChI=1S/C18H30N4O2S.HI/c1-4-18(11-8-12-18)14-21-17(19-5-2)20-13-15-9-6-7-10-16(15)22-25(3,23)24;/h6-7,9-10,22H,4-5,8,11-14H2,1-3H3,(H2,19,20,21);1H. The second kappa shape index (κ2) is 10.3. The van der Waals surface area contributed by atoms with E-state index in [0.717, 1.165) is 30.9 Å². The van der Waals surface area contributed by atoms with Crippen LogP contribution in [-0.4, -0.2) is 33.7 Å². The van der Waals surface area contributed by atoms with Crippen molar-refractivity contribution in [3.05, 3.63) is 29.8 Å². The molecule has 1 saturated carbocycles. The average molecular weight is 494 g/mol. The molecule has 0 aromatic heterocycles. The fourth-order valence-electron chi connectivity index (χ4n) is 3.07. The van der Waals surface area contributed by atoms with Gasteiger partial charge in [-0.15, -0.1) is 24.0 Å². The highest BCUT2D eigenvalue weighted by molar-refractivity contribution is 14.0. The molecular formula is C18H31IN4O2S. The van der Waals surface area contributed by atoms with Crippen LogP contribution in [0.25, 0.3) is 0 Å². The summed E-state index contributed by atoms with van der Waals surface area (Å²) in [6, 6.07) is 7.34. The molecule has 0 radical (unpaired) electrons. The lowest BCUT2D eigenvalue weighted by atomic mass is 9.67. The van der Waals surface area contributed by atoms with Crippen molar-refractivity contribution >= 4 is 45.6 Å². The molecule has 3 N–H and O–H groups in total. The fourth-order valence-corrected chi connectivity index (χ4v) is 3.67. The number of halogens is 1. The summed E-state index contributed by atoms with van der Waals surface area (Å²) in [4.78, 5) is 4.63. The van der Waals surface area contributed by atoms with Crippen LogP contribution in [0.15, 0.2) is 29.3 Å². The van der Waals surface area contributed by atoms with Crippen LogP contribution in [0.3, 0.4) is 0 Å². The monoisotopic (exact) mass is 494 g/mol. The Morgan fingerprint density at radius 1 is 1.19 bits per heavy atom. The van der Waals surface area contributed by atoms with Crippen molar-refractivity contribution in [3.63, 3.8) is 0 Å². The zero-order valence-corrected chi connectivity index (χ0v) is 19.0. The molecule has 1 aromatic carbocycles. The lowest BCUT2D eigenvalue weighted by Crippen LogP contribution is -2.46. The minimum atomic E-state index is -3.31. The van der Waals surface area contributed by atoms with Gasteiger partial charge in [0.15, 0.2) is 5.96 Å². The van der Waals surface area contributed by atoms with Crippen LogP contribution in [0.5, 0.6) is 0 Å². The SMILES string of the molecule is CCNC(=NCc1ccccc1NS(C)(=O)=O)NCC1(CC)CCC1.I. The predicted molar refractivity (Wildman–Crippen MR) is 120 cm³/mol. The number of anilines is 1. The van der Waals surface area contributed by atoms with Gasteiger partial charge in [0.25, 0.3) is 0 Å². The average Bonchev–Trinajstić information content (AvgIpc) is 2.51. The second-order valence-corrected chi connectivity index (χ2v) is 8.54. The third-order valence-corrected chi connectivity index (χ3v) is 5.45. The number of hydrogen-bond donors (Lipinski definition) is 3. The summed E-state index contributed by atoms with van der Waals surface area (Å²) < 4.78 is 25.6. The predicted octanol–water partition coefficient (Wildman–Crippen LogP) is 3.31. The van der Waals surface area contributed by atoms with E-state index in [4.69, 9.17) is 0 Å². The molecule has 1 aliphatic rings. The summed E-state index contributed by atoms with van der Waals surface area (Å²) in [5.41, 5.74) is 1.83. The molecular weight excluding hydrogens is 463 g/mol. The number of rotatable bonds is 8. The van der Waals surface area contributed by atoms with Crippen LogP contribution >= 0.6 is 24.0 Å². The van der Waals surface area contributed by atoms with E-state index >= 15 is 0 Å². The maximum atomic E-state index is 11.5. The van der Waals surface area contributed by atoms with E-state index in [1.807, 2.05) is 25.1 Å². The molecule has 2 rings (SSSR count). The lowest BCUT2D eigenvalue weighted by Gasteiger charge is -2.41. The highest BCUT2D eigenvalue weighted by Crippen LogP contribution is 2.42. The molecule has 0 saturated heterocycles. The Morgan fingerprint density at radius 2 is 1.88 bits per heavy atom. The van der Waals surface area contributed by atoms with Crippen molar-refractivity contribution in [1.82, 2.24) is 10.6 Å². The van der Waals surface area contributed by atoms with Gasteiger partial charge in [-0.3, -0.25) is 4.72 Å². The van der Waals surface area contributed by atoms with Gasteiger partial charge < -0.3 is 10.6 Å². The molecule has 0 amide bonds. The van der Waals surface area contributed by atoms with E-state index in [-0.39, 0.29) is 24.0 Å². The van der Waals surface area contributed by atoms with Crippen LogP contribution in [0.2, 0.25) is 0 Å². The normalized spacial score (nSPS) is 16.2. The van der Waals surface area contributed by atoms with E-state index in [1.54, 1.807) is 6.07 Å². The molecule has 1 aliphatic carbocycles. The molecule has 26 heavy (non-hydrogen) atoms. The highest BCUT2D eigenvalue weighted by atomic mass is 127. The zero-order chi connectivity index (χ0) is 18.3. The Labute approximate surface area is 174 Å². The molecule has 6 nitrogen and oxygen atoms in total. The Morgan fingerprint density at radius 3 is 2.42 bits per heavy atom. The number of nitrogens with zero attached hydrogens (tertiary/aromatic N) is 1. The summed E-state index contributed by atoms with van der Waals surface area (Å²) in [7, 11) is -3.31. The van der Waals surface area contributed by atoms with Crippen LogP contribution in [0.1, 0.15) is 45.1 Å². The van der Waals surface area contributed by atoms with E-state index in [1.165, 1.54) is 25.7 Å². The molecule has 0 atom stereocenters. The van der Waals surface area contributed by atoms with Crippen molar-refractivity contribution in [3.8, 4) is 0 Å². The van der Waals surface area contributed by atoms with E-state index in [2.05, 4.69) is 27.3 Å². The van der Waals surface area contributed by atoms with Crippen molar-refractivity contribution in [1.29, 1.82) is 0 Å². The topological polar surface area (TPSA) is 82.6 Å². The minimum absolute atomic E-state index is 0. The Balaban J connectivity index is 0.00000338. The highest BCUT2D eigenvalue weighted by Gasteiger charge is 2.34. The number of guanidine groups is 1. The number of aliphatic imine (C=N–C) groups is 1. The Bertz CT molecular complexity index is 697. The van der Waals surface area contributed by atoms with Gasteiger partial charge in [-0.05, 0) is 43.2 Å². The molecule has 0 bridgehead atoms. The Kier molecular flexibility index (Phi) is 9.15. The van der Waals surface area contributed by atoms with Gasteiger partial charge in [0, 0.05) is 13.1 Å². The smallest absolute Gasteiger partial charge is 0.229 e. The Hall–Kier alpha value is -1.03. The van der Waals surface area contributed by atoms with Crippen LogP contribution in [0.4, 0.5) is 5.69 Å². The molecule has 1 fully saturated rings. The van der Waals surface area contributed by atoms with Crippen LogP contribution in [-0.2, 0) is 16.6 Å². The first kappa shape index (κ1) is 23.0.